The van der Waals surface area contributed by atoms with Crippen LogP contribution in [0.15, 0.2) is 24.3 Å². The summed E-state index contributed by atoms with van der Waals surface area (Å²) in [7, 11) is 0. The molecule has 2 rings (SSSR count). The van der Waals surface area contributed by atoms with E-state index in [4.69, 9.17) is 0 Å². The van der Waals surface area contributed by atoms with Gasteiger partial charge in [-0.05, 0) is 44.9 Å². The minimum atomic E-state index is -0.454. The Bertz CT molecular complexity index is 447. The smallest absolute Gasteiger partial charge is 0.254 e. The highest BCUT2D eigenvalue weighted by Gasteiger charge is 2.38. The standard InChI is InChI=1S/C14H18FNO2/c1-9(2)16(12-6-7-13(12)17)14(18)10-4-3-5-11(15)8-10/h3-5,8-9,12-13,17H,6-7H2,1-2H3/t12-,13+/m1/s1. The van der Waals surface area contributed by atoms with Crippen LogP contribution in [0.4, 0.5) is 4.39 Å². The lowest BCUT2D eigenvalue weighted by Gasteiger charge is -2.43. The zero-order valence-corrected chi connectivity index (χ0v) is 10.6. The van der Waals surface area contributed by atoms with E-state index in [1.165, 1.54) is 18.2 Å². The van der Waals surface area contributed by atoms with Gasteiger partial charge in [0.25, 0.3) is 5.91 Å². The molecule has 0 bridgehead atoms. The van der Waals surface area contributed by atoms with E-state index >= 15 is 0 Å². The predicted octanol–water partition coefficient (Wildman–Crippen LogP) is 2.20. The Morgan fingerprint density at radius 2 is 2.17 bits per heavy atom. The monoisotopic (exact) mass is 251 g/mol. The molecule has 98 valence electrons. The Kier molecular flexibility index (Phi) is 3.66. The van der Waals surface area contributed by atoms with Crippen molar-refractivity contribution in [3.8, 4) is 0 Å². The molecule has 0 aromatic heterocycles. The fraction of sp³-hybridized carbons (Fsp3) is 0.500. The van der Waals surface area contributed by atoms with Gasteiger partial charge in [0, 0.05) is 11.6 Å². The number of halogens is 1. The molecule has 1 aliphatic rings. The van der Waals surface area contributed by atoms with Crippen molar-refractivity contribution in [2.75, 3.05) is 0 Å². The fourth-order valence-electron chi connectivity index (χ4n) is 2.33. The van der Waals surface area contributed by atoms with Crippen LogP contribution in [0.25, 0.3) is 0 Å². The molecule has 1 amide bonds. The first-order valence-corrected chi connectivity index (χ1v) is 6.27. The molecule has 1 fully saturated rings. The molecule has 2 atom stereocenters. The number of aliphatic hydroxyl groups is 1. The van der Waals surface area contributed by atoms with Crippen LogP contribution in [0.2, 0.25) is 0 Å². The van der Waals surface area contributed by atoms with E-state index in [0.29, 0.717) is 5.56 Å². The van der Waals surface area contributed by atoms with E-state index in [0.717, 1.165) is 12.8 Å². The Hall–Kier alpha value is -1.42. The van der Waals surface area contributed by atoms with Gasteiger partial charge in [0.1, 0.15) is 5.82 Å². The summed E-state index contributed by atoms with van der Waals surface area (Å²) in [5, 5.41) is 9.71. The summed E-state index contributed by atoms with van der Waals surface area (Å²) in [6.45, 7) is 3.81. The highest BCUT2D eigenvalue weighted by Crippen LogP contribution is 2.28. The lowest BCUT2D eigenvalue weighted by Crippen LogP contribution is -2.55. The van der Waals surface area contributed by atoms with Crippen LogP contribution < -0.4 is 0 Å². The van der Waals surface area contributed by atoms with Crippen molar-refractivity contribution in [2.24, 2.45) is 0 Å². The molecule has 1 saturated carbocycles. The van der Waals surface area contributed by atoms with E-state index in [2.05, 4.69) is 0 Å². The summed E-state index contributed by atoms with van der Waals surface area (Å²) < 4.78 is 13.1. The maximum atomic E-state index is 13.1. The molecule has 0 heterocycles. The molecule has 4 heteroatoms. The average molecular weight is 251 g/mol. The average Bonchev–Trinajstić information content (AvgIpc) is 2.32. The van der Waals surface area contributed by atoms with E-state index < -0.39 is 11.9 Å². The van der Waals surface area contributed by atoms with Crippen molar-refractivity contribution in [1.29, 1.82) is 0 Å². The van der Waals surface area contributed by atoms with Crippen molar-refractivity contribution in [3.05, 3.63) is 35.6 Å². The third kappa shape index (κ3) is 2.38. The number of hydrogen-bond acceptors (Lipinski definition) is 2. The normalized spacial score (nSPS) is 22.7. The predicted molar refractivity (Wildman–Crippen MR) is 66.7 cm³/mol. The first-order valence-electron chi connectivity index (χ1n) is 6.27. The Morgan fingerprint density at radius 3 is 2.61 bits per heavy atom. The molecule has 0 unspecified atom stereocenters. The number of nitrogens with zero attached hydrogens (tertiary/aromatic N) is 1. The largest absolute Gasteiger partial charge is 0.391 e. The molecule has 18 heavy (non-hydrogen) atoms. The summed E-state index contributed by atoms with van der Waals surface area (Å²) in [5.41, 5.74) is 0.336. The second-order valence-corrected chi connectivity index (χ2v) is 5.03. The molecule has 0 saturated heterocycles. The summed E-state index contributed by atoms with van der Waals surface area (Å²) >= 11 is 0. The molecule has 1 aromatic carbocycles. The van der Waals surface area contributed by atoms with Crippen molar-refractivity contribution in [1.82, 2.24) is 4.90 Å². The Labute approximate surface area is 106 Å². The van der Waals surface area contributed by atoms with Gasteiger partial charge in [-0.1, -0.05) is 6.07 Å². The van der Waals surface area contributed by atoms with Crippen molar-refractivity contribution in [2.45, 2.75) is 44.9 Å². The van der Waals surface area contributed by atoms with Gasteiger partial charge in [0.15, 0.2) is 0 Å². The van der Waals surface area contributed by atoms with Crippen molar-refractivity contribution < 1.29 is 14.3 Å². The molecule has 0 radical (unpaired) electrons. The third-order valence-electron chi connectivity index (χ3n) is 3.42. The first-order chi connectivity index (χ1) is 8.50. The number of benzene rings is 1. The number of amides is 1. The highest BCUT2D eigenvalue weighted by molar-refractivity contribution is 5.94. The number of rotatable bonds is 3. The van der Waals surface area contributed by atoms with Crippen LogP contribution in [0.5, 0.6) is 0 Å². The molecule has 0 aliphatic heterocycles. The lowest BCUT2D eigenvalue weighted by atomic mass is 9.86. The zero-order valence-electron chi connectivity index (χ0n) is 10.6. The van der Waals surface area contributed by atoms with Crippen LogP contribution in [-0.4, -0.2) is 34.1 Å². The van der Waals surface area contributed by atoms with Crippen LogP contribution in [0.3, 0.4) is 0 Å². The number of hydrogen-bond donors (Lipinski definition) is 1. The van der Waals surface area contributed by atoms with Crippen LogP contribution >= 0.6 is 0 Å². The minimum Gasteiger partial charge on any atom is -0.391 e. The van der Waals surface area contributed by atoms with Gasteiger partial charge >= 0.3 is 0 Å². The Balaban J connectivity index is 2.23. The minimum absolute atomic E-state index is 0.0132. The lowest BCUT2D eigenvalue weighted by molar-refractivity contribution is -0.0239. The third-order valence-corrected chi connectivity index (χ3v) is 3.42. The second-order valence-electron chi connectivity index (χ2n) is 5.03. The van der Waals surface area contributed by atoms with Gasteiger partial charge in [-0.25, -0.2) is 4.39 Å². The SMILES string of the molecule is CC(C)N(C(=O)c1cccc(F)c1)[C@@H]1CC[C@@H]1O. The second kappa shape index (κ2) is 5.06. The Morgan fingerprint density at radius 1 is 1.44 bits per heavy atom. The van der Waals surface area contributed by atoms with Crippen molar-refractivity contribution in [3.63, 3.8) is 0 Å². The van der Waals surface area contributed by atoms with E-state index in [1.54, 1.807) is 11.0 Å². The number of carbonyl (C=O) groups excluding carboxylic acids is 1. The van der Waals surface area contributed by atoms with E-state index in [9.17, 15) is 14.3 Å². The van der Waals surface area contributed by atoms with Gasteiger partial charge in [-0.3, -0.25) is 4.79 Å². The van der Waals surface area contributed by atoms with Crippen LogP contribution in [-0.2, 0) is 0 Å². The zero-order chi connectivity index (χ0) is 13.3. The molecule has 0 spiro atoms. The van der Waals surface area contributed by atoms with Crippen LogP contribution in [0, 0.1) is 5.82 Å². The molecule has 3 nitrogen and oxygen atoms in total. The quantitative estimate of drug-likeness (QED) is 0.894. The van der Waals surface area contributed by atoms with Gasteiger partial charge in [0.05, 0.1) is 12.1 Å². The van der Waals surface area contributed by atoms with Gasteiger partial charge in [-0.15, -0.1) is 0 Å². The van der Waals surface area contributed by atoms with Crippen LogP contribution in [0.1, 0.15) is 37.0 Å². The number of carbonyl (C=O) groups is 1. The molecule has 1 aliphatic carbocycles. The molecule has 1 N–H and O–H groups in total. The van der Waals surface area contributed by atoms with E-state index in [-0.39, 0.29) is 18.0 Å². The summed E-state index contributed by atoms with van der Waals surface area (Å²) in [6, 6.07) is 5.53. The van der Waals surface area contributed by atoms with Crippen molar-refractivity contribution >= 4 is 5.91 Å². The fourth-order valence-corrected chi connectivity index (χ4v) is 2.33. The summed E-state index contributed by atoms with van der Waals surface area (Å²) in [5.74, 6) is -0.632. The molecular weight excluding hydrogens is 233 g/mol. The maximum Gasteiger partial charge on any atom is 0.254 e. The molecular formula is C14H18FNO2. The van der Waals surface area contributed by atoms with Gasteiger partial charge < -0.3 is 10.0 Å². The first kappa shape index (κ1) is 13.0. The number of aliphatic hydroxyl groups excluding tert-OH is 1. The van der Waals surface area contributed by atoms with E-state index in [1.807, 2.05) is 13.8 Å². The molecule has 1 aromatic rings. The van der Waals surface area contributed by atoms with Gasteiger partial charge in [-0.2, -0.15) is 0 Å². The summed E-state index contributed by atoms with van der Waals surface area (Å²) in [6.07, 6.45) is 1.08. The summed E-state index contributed by atoms with van der Waals surface area (Å²) in [4.78, 5) is 14.0. The highest BCUT2D eigenvalue weighted by atomic mass is 19.1. The topological polar surface area (TPSA) is 40.5 Å². The maximum absolute atomic E-state index is 13.1. The van der Waals surface area contributed by atoms with Gasteiger partial charge in [0.2, 0.25) is 0 Å².